The SMILES string of the molecule is CC.COCCOCCOCCOc1ccc(C2=NC(C(=O)O)CS2)c(O)c1. The molecule has 0 saturated heterocycles. The third kappa shape index (κ3) is 8.47. The molecule has 0 saturated carbocycles. The Hall–Kier alpha value is -1.81. The van der Waals surface area contributed by atoms with Crippen molar-refractivity contribution >= 4 is 22.8 Å². The fourth-order valence-electron chi connectivity index (χ4n) is 2.11. The molecule has 158 valence electrons. The van der Waals surface area contributed by atoms with Gasteiger partial charge in [-0.3, -0.25) is 4.99 Å². The Morgan fingerprint density at radius 3 is 2.36 bits per heavy atom. The van der Waals surface area contributed by atoms with E-state index in [-0.39, 0.29) is 5.75 Å². The summed E-state index contributed by atoms with van der Waals surface area (Å²) in [5.74, 6) is -0.0811. The molecule has 28 heavy (non-hydrogen) atoms. The molecule has 1 aliphatic rings. The summed E-state index contributed by atoms with van der Waals surface area (Å²) in [6.07, 6.45) is 0. The average Bonchev–Trinajstić information content (AvgIpc) is 3.18. The van der Waals surface area contributed by atoms with Crippen molar-refractivity contribution in [1.82, 2.24) is 0 Å². The maximum absolute atomic E-state index is 10.9. The van der Waals surface area contributed by atoms with Gasteiger partial charge < -0.3 is 29.2 Å². The fraction of sp³-hybridized carbons (Fsp3) is 0.579. The Balaban J connectivity index is 0.00000190. The topological polar surface area (TPSA) is 107 Å². The minimum absolute atomic E-state index is 0.00671. The molecule has 2 rings (SSSR count). The van der Waals surface area contributed by atoms with E-state index in [1.807, 2.05) is 13.8 Å². The van der Waals surface area contributed by atoms with E-state index < -0.39 is 12.0 Å². The first-order chi connectivity index (χ1) is 13.6. The van der Waals surface area contributed by atoms with E-state index in [4.69, 9.17) is 24.1 Å². The van der Waals surface area contributed by atoms with E-state index in [0.29, 0.717) is 61.8 Å². The molecule has 0 amide bonds. The smallest absolute Gasteiger partial charge is 0.329 e. The molecule has 0 spiro atoms. The number of carboxylic acid groups (broad SMARTS) is 1. The Kier molecular flexibility index (Phi) is 12.3. The molecule has 1 atom stereocenters. The Labute approximate surface area is 169 Å². The maximum Gasteiger partial charge on any atom is 0.329 e. The Morgan fingerprint density at radius 1 is 1.14 bits per heavy atom. The minimum atomic E-state index is -0.962. The monoisotopic (exact) mass is 415 g/mol. The summed E-state index contributed by atoms with van der Waals surface area (Å²) in [5.41, 5.74) is 0.510. The van der Waals surface area contributed by atoms with Crippen LogP contribution in [0.25, 0.3) is 0 Å². The van der Waals surface area contributed by atoms with Gasteiger partial charge in [0, 0.05) is 24.5 Å². The number of methoxy groups -OCH3 is 1. The van der Waals surface area contributed by atoms with Gasteiger partial charge in [-0.1, -0.05) is 13.8 Å². The van der Waals surface area contributed by atoms with Crippen LogP contribution in [0.15, 0.2) is 23.2 Å². The second kappa shape index (κ2) is 14.2. The average molecular weight is 416 g/mol. The van der Waals surface area contributed by atoms with Crippen molar-refractivity contribution in [1.29, 1.82) is 0 Å². The Morgan fingerprint density at radius 2 is 1.79 bits per heavy atom. The largest absolute Gasteiger partial charge is 0.507 e. The molecule has 9 heteroatoms. The molecule has 8 nitrogen and oxygen atoms in total. The first kappa shape index (κ1) is 24.2. The summed E-state index contributed by atoms with van der Waals surface area (Å²) in [6.45, 7) is 6.81. The van der Waals surface area contributed by atoms with Crippen molar-refractivity contribution < 1.29 is 34.0 Å². The summed E-state index contributed by atoms with van der Waals surface area (Å²) in [5, 5.41) is 19.6. The van der Waals surface area contributed by atoms with Crippen molar-refractivity contribution in [3.63, 3.8) is 0 Å². The molecule has 0 aliphatic carbocycles. The van der Waals surface area contributed by atoms with Gasteiger partial charge in [-0.15, -0.1) is 11.8 Å². The molecule has 1 aliphatic heterocycles. The molecule has 0 fully saturated rings. The molecular weight excluding hydrogens is 386 g/mol. The van der Waals surface area contributed by atoms with E-state index >= 15 is 0 Å². The first-order valence-corrected chi connectivity index (χ1v) is 10.1. The number of aliphatic imine (C=N–C) groups is 1. The van der Waals surface area contributed by atoms with E-state index in [0.717, 1.165) is 0 Å². The number of phenols is 1. The highest BCUT2D eigenvalue weighted by Crippen LogP contribution is 2.31. The predicted molar refractivity (Wildman–Crippen MR) is 109 cm³/mol. The van der Waals surface area contributed by atoms with Crippen molar-refractivity contribution in [3.05, 3.63) is 23.8 Å². The van der Waals surface area contributed by atoms with Crippen LogP contribution < -0.4 is 4.74 Å². The van der Waals surface area contributed by atoms with Crippen LogP contribution in [0, 0.1) is 0 Å². The predicted octanol–water partition coefficient (Wildman–Crippen LogP) is 2.42. The van der Waals surface area contributed by atoms with Gasteiger partial charge in [0.05, 0.1) is 33.0 Å². The van der Waals surface area contributed by atoms with Gasteiger partial charge in [0.15, 0.2) is 6.04 Å². The van der Waals surface area contributed by atoms with Gasteiger partial charge >= 0.3 is 5.97 Å². The number of hydrogen-bond donors (Lipinski definition) is 2. The zero-order valence-corrected chi connectivity index (χ0v) is 17.4. The zero-order valence-electron chi connectivity index (χ0n) is 16.6. The summed E-state index contributed by atoms with van der Waals surface area (Å²) in [6, 6.07) is 4.10. The number of benzene rings is 1. The number of hydrogen-bond acceptors (Lipinski definition) is 8. The van der Waals surface area contributed by atoms with Crippen LogP contribution in [0.5, 0.6) is 11.5 Å². The van der Waals surface area contributed by atoms with Crippen molar-refractivity contribution in [2.45, 2.75) is 19.9 Å². The molecule has 0 aromatic heterocycles. The fourth-order valence-corrected chi connectivity index (χ4v) is 3.18. The number of ether oxygens (including phenoxy) is 4. The van der Waals surface area contributed by atoms with Crippen LogP contribution in [-0.2, 0) is 19.0 Å². The second-order valence-electron chi connectivity index (χ2n) is 5.34. The van der Waals surface area contributed by atoms with Crippen LogP contribution in [0.2, 0.25) is 0 Å². The van der Waals surface area contributed by atoms with Gasteiger partial charge in [-0.05, 0) is 12.1 Å². The molecule has 1 aromatic rings. The molecule has 1 heterocycles. The number of phenolic OH excluding ortho intramolecular Hbond substituents is 1. The van der Waals surface area contributed by atoms with Gasteiger partial charge in [-0.25, -0.2) is 4.79 Å². The first-order valence-electron chi connectivity index (χ1n) is 9.16. The number of carbonyl (C=O) groups is 1. The quantitative estimate of drug-likeness (QED) is 0.501. The van der Waals surface area contributed by atoms with Crippen molar-refractivity contribution in [3.8, 4) is 11.5 Å². The number of carboxylic acids is 1. The van der Waals surface area contributed by atoms with Gasteiger partial charge in [0.25, 0.3) is 0 Å². The van der Waals surface area contributed by atoms with Crippen molar-refractivity contribution in [2.75, 3.05) is 52.5 Å². The summed E-state index contributed by atoms with van der Waals surface area (Å²) in [7, 11) is 1.62. The highest BCUT2D eigenvalue weighted by atomic mass is 32.2. The lowest BCUT2D eigenvalue weighted by molar-refractivity contribution is -0.137. The van der Waals surface area contributed by atoms with Crippen LogP contribution >= 0.6 is 11.8 Å². The van der Waals surface area contributed by atoms with Gasteiger partial charge in [-0.2, -0.15) is 0 Å². The van der Waals surface area contributed by atoms with E-state index in [1.165, 1.54) is 17.8 Å². The van der Waals surface area contributed by atoms with E-state index in [1.54, 1.807) is 19.2 Å². The highest BCUT2D eigenvalue weighted by Gasteiger charge is 2.26. The van der Waals surface area contributed by atoms with Crippen LogP contribution in [0.4, 0.5) is 0 Å². The highest BCUT2D eigenvalue weighted by molar-refractivity contribution is 8.14. The lowest BCUT2D eigenvalue weighted by Gasteiger charge is -2.10. The third-order valence-electron chi connectivity index (χ3n) is 3.44. The van der Waals surface area contributed by atoms with E-state index in [2.05, 4.69) is 4.99 Å². The second-order valence-corrected chi connectivity index (χ2v) is 6.35. The molecule has 0 bridgehead atoms. The standard InChI is InChI=1S/C17H23NO7S.C2H6/c1-22-4-5-23-6-7-24-8-9-25-12-2-3-13(15(19)10-12)16-18-14(11-26-16)17(20)21;1-2/h2-3,10,14,19H,4-9,11H2,1H3,(H,20,21);1-2H3. The van der Waals surface area contributed by atoms with Crippen LogP contribution in [0.3, 0.4) is 0 Å². The van der Waals surface area contributed by atoms with Crippen LogP contribution in [0.1, 0.15) is 19.4 Å². The number of aliphatic carboxylic acids is 1. The maximum atomic E-state index is 10.9. The molecule has 1 unspecified atom stereocenters. The lowest BCUT2D eigenvalue weighted by atomic mass is 10.2. The lowest BCUT2D eigenvalue weighted by Crippen LogP contribution is -2.17. The normalized spacial score (nSPS) is 15.5. The molecule has 2 N–H and O–H groups in total. The summed E-state index contributed by atoms with van der Waals surface area (Å²) in [4.78, 5) is 15.1. The number of thioether (sulfide) groups is 1. The Bertz CT molecular complexity index is 624. The number of nitrogens with zero attached hydrogens (tertiary/aromatic N) is 1. The summed E-state index contributed by atoms with van der Waals surface area (Å²) >= 11 is 1.31. The third-order valence-corrected chi connectivity index (χ3v) is 4.52. The summed E-state index contributed by atoms with van der Waals surface area (Å²) < 4.78 is 21.0. The van der Waals surface area contributed by atoms with Crippen molar-refractivity contribution in [2.24, 2.45) is 4.99 Å². The van der Waals surface area contributed by atoms with Crippen LogP contribution in [-0.4, -0.2) is 79.8 Å². The van der Waals surface area contributed by atoms with E-state index in [9.17, 15) is 9.90 Å². The van der Waals surface area contributed by atoms with Gasteiger partial charge in [0.1, 0.15) is 23.1 Å². The molecule has 0 radical (unpaired) electrons. The zero-order chi connectivity index (χ0) is 20.8. The number of rotatable bonds is 12. The number of aromatic hydroxyl groups is 1. The minimum Gasteiger partial charge on any atom is -0.507 e. The van der Waals surface area contributed by atoms with Gasteiger partial charge in [0.2, 0.25) is 0 Å². The molecule has 1 aromatic carbocycles. The molecular formula is C19H29NO7S.